The number of aryl methyl sites for hydroxylation is 2. The maximum absolute atomic E-state index is 10.4. The molecule has 0 bridgehead atoms. The van der Waals surface area contributed by atoms with Crippen LogP contribution in [0.2, 0.25) is 0 Å². The van der Waals surface area contributed by atoms with Crippen molar-refractivity contribution < 1.29 is 5.11 Å². The van der Waals surface area contributed by atoms with Gasteiger partial charge in [0.25, 0.3) is 0 Å². The van der Waals surface area contributed by atoms with E-state index >= 15 is 0 Å². The van der Waals surface area contributed by atoms with E-state index in [1.165, 1.54) is 16.7 Å². The molecule has 0 radical (unpaired) electrons. The Labute approximate surface area is 112 Å². The summed E-state index contributed by atoms with van der Waals surface area (Å²) in [4.78, 5) is 0. The Bertz CT molecular complexity index is 351. The Kier molecular flexibility index (Phi) is 6.42. The zero-order valence-corrected chi connectivity index (χ0v) is 12.4. The van der Waals surface area contributed by atoms with E-state index in [2.05, 4.69) is 45.9 Å². The predicted molar refractivity (Wildman–Crippen MR) is 78.9 cm³/mol. The minimum absolute atomic E-state index is 0.189. The number of benzene rings is 1. The molecule has 1 nitrogen and oxygen atoms in total. The van der Waals surface area contributed by atoms with Crippen LogP contribution in [-0.2, 0) is 6.42 Å². The lowest BCUT2D eigenvalue weighted by atomic mass is 9.87. The zero-order valence-electron chi connectivity index (χ0n) is 12.4. The van der Waals surface area contributed by atoms with E-state index < -0.39 is 0 Å². The number of hydrogen-bond donors (Lipinski definition) is 1. The van der Waals surface area contributed by atoms with Crippen LogP contribution < -0.4 is 0 Å². The highest BCUT2D eigenvalue weighted by molar-refractivity contribution is 5.31. The van der Waals surface area contributed by atoms with Crippen molar-refractivity contribution in [1.29, 1.82) is 0 Å². The summed E-state index contributed by atoms with van der Waals surface area (Å²) in [6.07, 6.45) is 5.21. The molecule has 0 amide bonds. The van der Waals surface area contributed by atoms with Gasteiger partial charge >= 0.3 is 0 Å². The largest absolute Gasteiger partial charge is 0.392 e. The molecule has 1 unspecified atom stereocenters. The molecule has 0 aliphatic rings. The third-order valence-electron chi connectivity index (χ3n) is 3.80. The second-order valence-corrected chi connectivity index (χ2v) is 5.54. The standard InChI is InChI=1S/C17H28O/c1-5-7-15(8-6-2)17(18)12-16-11-13(3)9-10-14(16)4/h9-11,15,17-18H,5-8,12H2,1-4H3. The lowest BCUT2D eigenvalue weighted by Crippen LogP contribution is -2.23. The van der Waals surface area contributed by atoms with E-state index in [9.17, 15) is 5.11 Å². The molecule has 0 aliphatic heterocycles. The van der Waals surface area contributed by atoms with Crippen molar-refractivity contribution in [3.05, 3.63) is 34.9 Å². The van der Waals surface area contributed by atoms with Gasteiger partial charge < -0.3 is 5.11 Å². The fraction of sp³-hybridized carbons (Fsp3) is 0.647. The molecule has 0 fully saturated rings. The van der Waals surface area contributed by atoms with Crippen LogP contribution in [0, 0.1) is 19.8 Å². The van der Waals surface area contributed by atoms with E-state index in [0.717, 1.165) is 32.1 Å². The summed E-state index contributed by atoms with van der Waals surface area (Å²) < 4.78 is 0. The molecule has 0 spiro atoms. The summed E-state index contributed by atoms with van der Waals surface area (Å²) in [5.41, 5.74) is 3.89. The van der Waals surface area contributed by atoms with Crippen LogP contribution in [0.15, 0.2) is 18.2 Å². The summed E-state index contributed by atoms with van der Waals surface area (Å²) in [5, 5.41) is 10.4. The minimum atomic E-state index is -0.189. The molecule has 0 aliphatic carbocycles. The van der Waals surface area contributed by atoms with Gasteiger partial charge in [0.2, 0.25) is 0 Å². The van der Waals surface area contributed by atoms with Crippen molar-refractivity contribution in [3.63, 3.8) is 0 Å². The zero-order chi connectivity index (χ0) is 13.5. The fourth-order valence-corrected chi connectivity index (χ4v) is 2.68. The van der Waals surface area contributed by atoms with Gasteiger partial charge in [-0.2, -0.15) is 0 Å². The Morgan fingerprint density at radius 2 is 1.67 bits per heavy atom. The second-order valence-electron chi connectivity index (χ2n) is 5.54. The summed E-state index contributed by atoms with van der Waals surface area (Å²) in [6.45, 7) is 8.65. The Hall–Kier alpha value is -0.820. The molecule has 1 aromatic carbocycles. The van der Waals surface area contributed by atoms with Crippen LogP contribution in [0.4, 0.5) is 0 Å². The van der Waals surface area contributed by atoms with Gasteiger partial charge in [-0.3, -0.25) is 0 Å². The Morgan fingerprint density at radius 1 is 1.06 bits per heavy atom. The third kappa shape index (κ3) is 4.45. The average molecular weight is 248 g/mol. The maximum atomic E-state index is 10.4. The molecule has 0 aromatic heterocycles. The molecule has 102 valence electrons. The molecular weight excluding hydrogens is 220 g/mol. The molecule has 0 heterocycles. The van der Waals surface area contributed by atoms with E-state index in [1.807, 2.05) is 0 Å². The van der Waals surface area contributed by atoms with Crippen molar-refractivity contribution in [1.82, 2.24) is 0 Å². The predicted octanol–water partition coefficient (Wildman–Crippen LogP) is 4.42. The molecule has 1 aromatic rings. The van der Waals surface area contributed by atoms with Crippen molar-refractivity contribution in [2.45, 2.75) is 65.9 Å². The SMILES string of the molecule is CCCC(CCC)C(O)Cc1cc(C)ccc1C. The summed E-state index contributed by atoms with van der Waals surface area (Å²) in [6, 6.07) is 6.51. The monoisotopic (exact) mass is 248 g/mol. The number of rotatable bonds is 7. The van der Waals surface area contributed by atoms with Crippen LogP contribution in [0.1, 0.15) is 56.2 Å². The highest BCUT2D eigenvalue weighted by Gasteiger charge is 2.18. The molecule has 1 rings (SSSR count). The van der Waals surface area contributed by atoms with E-state index in [0.29, 0.717) is 5.92 Å². The van der Waals surface area contributed by atoms with Gasteiger partial charge in [-0.25, -0.2) is 0 Å². The Morgan fingerprint density at radius 3 is 2.22 bits per heavy atom. The summed E-state index contributed by atoms with van der Waals surface area (Å²) >= 11 is 0. The lowest BCUT2D eigenvalue weighted by Gasteiger charge is -2.23. The minimum Gasteiger partial charge on any atom is -0.392 e. The topological polar surface area (TPSA) is 20.2 Å². The molecule has 0 saturated heterocycles. The molecule has 1 heteroatoms. The van der Waals surface area contributed by atoms with Gasteiger partial charge in [0.1, 0.15) is 0 Å². The van der Waals surface area contributed by atoms with Crippen molar-refractivity contribution in [3.8, 4) is 0 Å². The quantitative estimate of drug-likeness (QED) is 0.757. The second kappa shape index (κ2) is 7.58. The Balaban J connectivity index is 2.71. The van der Waals surface area contributed by atoms with Gasteiger partial charge in [-0.15, -0.1) is 0 Å². The highest BCUT2D eigenvalue weighted by Crippen LogP contribution is 2.22. The van der Waals surface area contributed by atoms with Crippen molar-refractivity contribution in [2.24, 2.45) is 5.92 Å². The number of aliphatic hydroxyl groups is 1. The van der Waals surface area contributed by atoms with E-state index in [4.69, 9.17) is 0 Å². The van der Waals surface area contributed by atoms with Gasteiger partial charge in [0.15, 0.2) is 0 Å². The van der Waals surface area contributed by atoms with Crippen LogP contribution in [0.25, 0.3) is 0 Å². The van der Waals surface area contributed by atoms with Gasteiger partial charge in [0.05, 0.1) is 6.10 Å². The highest BCUT2D eigenvalue weighted by atomic mass is 16.3. The number of hydrogen-bond acceptors (Lipinski definition) is 1. The third-order valence-corrected chi connectivity index (χ3v) is 3.80. The summed E-state index contributed by atoms with van der Waals surface area (Å²) in [7, 11) is 0. The van der Waals surface area contributed by atoms with E-state index in [-0.39, 0.29) is 6.10 Å². The normalized spacial score (nSPS) is 13.0. The van der Waals surface area contributed by atoms with Gasteiger partial charge in [0, 0.05) is 0 Å². The smallest absolute Gasteiger partial charge is 0.0608 e. The first-order valence-electron chi connectivity index (χ1n) is 7.32. The molecule has 0 saturated carbocycles. The van der Waals surface area contributed by atoms with Crippen LogP contribution in [0.5, 0.6) is 0 Å². The van der Waals surface area contributed by atoms with Crippen molar-refractivity contribution in [2.75, 3.05) is 0 Å². The molecule has 1 atom stereocenters. The first-order chi connectivity index (χ1) is 8.58. The fourth-order valence-electron chi connectivity index (χ4n) is 2.68. The van der Waals surface area contributed by atoms with Gasteiger partial charge in [-0.05, 0) is 50.2 Å². The molecular formula is C17H28O. The van der Waals surface area contributed by atoms with E-state index in [1.54, 1.807) is 0 Å². The summed E-state index contributed by atoms with van der Waals surface area (Å²) in [5.74, 6) is 0.458. The maximum Gasteiger partial charge on any atom is 0.0608 e. The molecule has 18 heavy (non-hydrogen) atoms. The number of aliphatic hydroxyl groups excluding tert-OH is 1. The molecule has 1 N–H and O–H groups in total. The first-order valence-corrected chi connectivity index (χ1v) is 7.32. The first kappa shape index (κ1) is 15.2. The lowest BCUT2D eigenvalue weighted by molar-refractivity contribution is 0.0962. The van der Waals surface area contributed by atoms with Crippen LogP contribution in [0.3, 0.4) is 0 Å². The van der Waals surface area contributed by atoms with Crippen molar-refractivity contribution >= 4 is 0 Å². The van der Waals surface area contributed by atoms with Crippen LogP contribution in [-0.4, -0.2) is 11.2 Å². The van der Waals surface area contributed by atoms with Gasteiger partial charge in [-0.1, -0.05) is 50.5 Å². The van der Waals surface area contributed by atoms with Crippen LogP contribution >= 0.6 is 0 Å². The average Bonchev–Trinajstić information content (AvgIpc) is 2.33.